The lowest BCUT2D eigenvalue weighted by atomic mass is 9.81. The number of nitrogens with zero attached hydrogens (tertiary/aromatic N) is 1. The molecule has 1 saturated heterocycles. The number of nitrogens with one attached hydrogen (secondary N) is 1. The zero-order valence-corrected chi connectivity index (χ0v) is 14.5. The highest BCUT2D eigenvalue weighted by atomic mass is 32.2. The van der Waals surface area contributed by atoms with Gasteiger partial charge in [-0.1, -0.05) is 6.92 Å². The van der Waals surface area contributed by atoms with Crippen LogP contribution in [0, 0.1) is 12.3 Å². The molecule has 0 unspecified atom stereocenters. The number of aryl methyl sites for hydroxylation is 1. The molecule has 0 aliphatic carbocycles. The molecule has 7 heteroatoms. The molecule has 21 heavy (non-hydrogen) atoms. The number of hydrogen-bond donors (Lipinski definition) is 2. The fourth-order valence-corrected chi connectivity index (χ4v) is 5.15. The molecule has 120 valence electrons. The fraction of sp³-hybridized carbons (Fsp3) is 0.714. The van der Waals surface area contributed by atoms with Gasteiger partial charge < -0.3 is 10.0 Å². The molecule has 0 spiro atoms. The van der Waals surface area contributed by atoms with E-state index in [0.29, 0.717) is 15.6 Å². The molecular formula is C14H24N2O3S2. The molecule has 2 N–H and O–H groups in total. The summed E-state index contributed by atoms with van der Waals surface area (Å²) < 4.78 is 27.8. The van der Waals surface area contributed by atoms with Crippen molar-refractivity contribution in [2.45, 2.75) is 37.5 Å². The molecule has 2 rings (SSSR count). The van der Waals surface area contributed by atoms with Gasteiger partial charge in [0, 0.05) is 11.4 Å². The smallest absolute Gasteiger partial charge is 0.250 e. The highest BCUT2D eigenvalue weighted by Crippen LogP contribution is 2.31. The van der Waals surface area contributed by atoms with E-state index >= 15 is 0 Å². The summed E-state index contributed by atoms with van der Waals surface area (Å²) in [5.41, 5.74) is 0.847. The Morgan fingerprint density at radius 1 is 1.43 bits per heavy atom. The zero-order chi connectivity index (χ0) is 15.7. The third-order valence-corrected chi connectivity index (χ3v) is 7.39. The quantitative estimate of drug-likeness (QED) is 0.858. The SMILES string of the molecule is Cc1cc(S(=O)(=O)NCC2(C)CCN(C)CC2)sc1CO. The highest BCUT2D eigenvalue weighted by molar-refractivity contribution is 7.91. The summed E-state index contributed by atoms with van der Waals surface area (Å²) in [6.45, 7) is 6.32. The Kier molecular flexibility index (Phi) is 5.10. The normalized spacial score (nSPS) is 19.8. The minimum Gasteiger partial charge on any atom is -0.391 e. The molecule has 1 aliphatic heterocycles. The number of rotatable bonds is 5. The molecule has 0 radical (unpaired) electrons. The molecule has 0 saturated carbocycles. The van der Waals surface area contributed by atoms with Gasteiger partial charge >= 0.3 is 0 Å². The van der Waals surface area contributed by atoms with Crippen molar-refractivity contribution in [3.05, 3.63) is 16.5 Å². The molecule has 2 heterocycles. The van der Waals surface area contributed by atoms with Gasteiger partial charge in [-0.15, -0.1) is 11.3 Å². The van der Waals surface area contributed by atoms with Crippen LogP contribution in [-0.2, 0) is 16.6 Å². The third kappa shape index (κ3) is 4.04. The Labute approximate surface area is 131 Å². The van der Waals surface area contributed by atoms with Gasteiger partial charge in [-0.3, -0.25) is 0 Å². The van der Waals surface area contributed by atoms with Gasteiger partial charge in [0.05, 0.1) is 6.61 Å². The van der Waals surface area contributed by atoms with E-state index in [4.69, 9.17) is 0 Å². The Balaban J connectivity index is 2.04. The minimum absolute atomic E-state index is 0.0195. The maximum absolute atomic E-state index is 12.4. The van der Waals surface area contributed by atoms with Crippen molar-refractivity contribution in [2.75, 3.05) is 26.7 Å². The van der Waals surface area contributed by atoms with Gasteiger partial charge in [0.15, 0.2) is 0 Å². The monoisotopic (exact) mass is 332 g/mol. The number of likely N-dealkylation sites (tertiary alicyclic amines) is 1. The summed E-state index contributed by atoms with van der Waals surface area (Å²) >= 11 is 1.14. The van der Waals surface area contributed by atoms with Crippen molar-refractivity contribution in [3.63, 3.8) is 0 Å². The Hall–Kier alpha value is -0.470. The van der Waals surface area contributed by atoms with E-state index in [2.05, 4.69) is 23.6 Å². The largest absolute Gasteiger partial charge is 0.391 e. The summed E-state index contributed by atoms with van der Waals surface area (Å²) in [5, 5.41) is 9.19. The van der Waals surface area contributed by atoms with Crippen molar-refractivity contribution in [1.82, 2.24) is 9.62 Å². The maximum atomic E-state index is 12.4. The van der Waals surface area contributed by atoms with Gasteiger partial charge in [0.25, 0.3) is 0 Å². The molecule has 0 bridgehead atoms. The lowest BCUT2D eigenvalue weighted by molar-refractivity contribution is 0.143. The second-order valence-corrected chi connectivity index (χ2v) is 9.40. The topological polar surface area (TPSA) is 69.6 Å². The van der Waals surface area contributed by atoms with Gasteiger partial charge in [-0.05, 0) is 56.9 Å². The van der Waals surface area contributed by atoms with E-state index in [-0.39, 0.29) is 12.0 Å². The van der Waals surface area contributed by atoms with E-state index in [1.165, 1.54) is 0 Å². The fourth-order valence-electron chi connectivity index (χ4n) is 2.45. The van der Waals surface area contributed by atoms with Crippen LogP contribution < -0.4 is 4.72 Å². The summed E-state index contributed by atoms with van der Waals surface area (Å²) in [5.74, 6) is 0. The van der Waals surface area contributed by atoms with Crippen LogP contribution in [0.5, 0.6) is 0 Å². The highest BCUT2D eigenvalue weighted by Gasteiger charge is 2.31. The molecule has 0 aromatic carbocycles. The second-order valence-electron chi connectivity index (χ2n) is 6.27. The number of aliphatic hydroxyl groups is 1. The standard InChI is InChI=1S/C14H24N2O3S2/c1-11-8-13(20-12(11)9-17)21(18,19)15-10-14(2)4-6-16(3)7-5-14/h8,15,17H,4-7,9-10H2,1-3H3. The number of aliphatic hydroxyl groups excluding tert-OH is 1. The van der Waals surface area contributed by atoms with Gasteiger partial charge in [-0.2, -0.15) is 0 Å². The van der Waals surface area contributed by atoms with Crippen LogP contribution in [0.4, 0.5) is 0 Å². The number of sulfonamides is 1. The van der Waals surface area contributed by atoms with Gasteiger partial charge in [0.1, 0.15) is 4.21 Å². The first-order valence-corrected chi connectivity index (χ1v) is 9.44. The molecule has 1 aromatic rings. The van der Waals surface area contributed by atoms with Crippen molar-refractivity contribution in [3.8, 4) is 0 Å². The average Bonchev–Trinajstić information content (AvgIpc) is 2.83. The molecular weight excluding hydrogens is 308 g/mol. The van der Waals surface area contributed by atoms with Crippen molar-refractivity contribution >= 4 is 21.4 Å². The molecule has 5 nitrogen and oxygen atoms in total. The molecule has 1 aromatic heterocycles. The van der Waals surface area contributed by atoms with Crippen LogP contribution in [0.1, 0.15) is 30.2 Å². The molecule has 0 atom stereocenters. The average molecular weight is 332 g/mol. The van der Waals surface area contributed by atoms with Crippen LogP contribution in [0.15, 0.2) is 10.3 Å². The second kappa shape index (κ2) is 6.34. The number of piperidine rings is 1. The van der Waals surface area contributed by atoms with E-state index in [9.17, 15) is 13.5 Å². The first-order valence-electron chi connectivity index (χ1n) is 7.14. The summed E-state index contributed by atoms with van der Waals surface area (Å²) in [7, 11) is -1.39. The summed E-state index contributed by atoms with van der Waals surface area (Å²) in [6.07, 6.45) is 1.99. The first kappa shape index (κ1) is 16.9. The van der Waals surface area contributed by atoms with Crippen molar-refractivity contribution in [1.29, 1.82) is 0 Å². The lowest BCUT2D eigenvalue weighted by Crippen LogP contribution is -2.43. The van der Waals surface area contributed by atoms with E-state index in [1.807, 2.05) is 6.92 Å². The number of hydrogen-bond acceptors (Lipinski definition) is 5. The molecule has 1 aliphatic rings. The first-order chi connectivity index (χ1) is 9.76. The van der Waals surface area contributed by atoms with Crippen LogP contribution in [0.3, 0.4) is 0 Å². The van der Waals surface area contributed by atoms with E-state index < -0.39 is 10.0 Å². The van der Waals surface area contributed by atoms with Crippen molar-refractivity contribution < 1.29 is 13.5 Å². The Morgan fingerprint density at radius 2 is 2.05 bits per heavy atom. The Bertz CT molecular complexity index is 587. The predicted molar refractivity (Wildman–Crippen MR) is 85.0 cm³/mol. The zero-order valence-electron chi connectivity index (χ0n) is 12.8. The van der Waals surface area contributed by atoms with Gasteiger partial charge in [0.2, 0.25) is 10.0 Å². The van der Waals surface area contributed by atoms with Crippen molar-refractivity contribution in [2.24, 2.45) is 5.41 Å². The maximum Gasteiger partial charge on any atom is 0.250 e. The van der Waals surface area contributed by atoms with E-state index in [1.54, 1.807) is 6.07 Å². The summed E-state index contributed by atoms with van der Waals surface area (Å²) in [4.78, 5) is 2.98. The summed E-state index contributed by atoms with van der Waals surface area (Å²) in [6, 6.07) is 1.63. The Morgan fingerprint density at radius 3 is 2.57 bits per heavy atom. The van der Waals surface area contributed by atoms with Crippen LogP contribution >= 0.6 is 11.3 Å². The number of thiophene rings is 1. The lowest BCUT2D eigenvalue weighted by Gasteiger charge is -2.37. The van der Waals surface area contributed by atoms with Crippen LogP contribution in [0.25, 0.3) is 0 Å². The molecule has 1 fully saturated rings. The van der Waals surface area contributed by atoms with E-state index in [0.717, 1.165) is 42.8 Å². The van der Waals surface area contributed by atoms with Crippen LogP contribution in [-0.4, -0.2) is 45.1 Å². The minimum atomic E-state index is -3.48. The molecule has 0 amide bonds. The van der Waals surface area contributed by atoms with Gasteiger partial charge in [-0.25, -0.2) is 13.1 Å². The predicted octanol–water partition coefficient (Wildman–Crippen LogP) is 1.56. The van der Waals surface area contributed by atoms with Crippen LogP contribution in [0.2, 0.25) is 0 Å². The third-order valence-electron chi connectivity index (χ3n) is 4.29.